The van der Waals surface area contributed by atoms with E-state index >= 15 is 0 Å². The molecule has 0 aliphatic heterocycles. The van der Waals surface area contributed by atoms with Crippen LogP contribution in [-0.2, 0) is 0 Å². The van der Waals surface area contributed by atoms with Gasteiger partial charge >= 0.3 is 0 Å². The maximum absolute atomic E-state index is 5.44. The van der Waals surface area contributed by atoms with Gasteiger partial charge in [-0.1, -0.05) is 38.3 Å². The smallest absolute Gasteiger partial charge is 0.147 e. The minimum Gasteiger partial charge on any atom is -0.357 e. The summed E-state index contributed by atoms with van der Waals surface area (Å²) in [6, 6.07) is 0. The molecule has 0 aromatic carbocycles. The van der Waals surface area contributed by atoms with Crippen LogP contribution >= 0.6 is 46.0 Å². The quantitative estimate of drug-likeness (QED) is 0.524. The van der Waals surface area contributed by atoms with Crippen molar-refractivity contribution in [1.82, 2.24) is 9.80 Å². The lowest BCUT2D eigenvalue weighted by Crippen LogP contribution is -2.29. The Kier molecular flexibility index (Phi) is 11.6. The molecule has 0 saturated carbocycles. The highest BCUT2D eigenvalue weighted by Crippen LogP contribution is 2.28. The largest absolute Gasteiger partial charge is 0.357 e. The van der Waals surface area contributed by atoms with Crippen molar-refractivity contribution < 1.29 is 0 Å². The third-order valence-corrected chi connectivity index (χ3v) is 6.18. The van der Waals surface area contributed by atoms with Crippen LogP contribution in [0.4, 0.5) is 0 Å². The number of thiocarbonyl (C=S) groups is 2. The SMILES string of the molecule is CCCN(CC)C(=S)SSC(=S)N(CC)CCC. The Morgan fingerprint density at radius 1 is 0.778 bits per heavy atom. The Labute approximate surface area is 131 Å². The van der Waals surface area contributed by atoms with Crippen molar-refractivity contribution in [1.29, 1.82) is 0 Å². The average Bonchev–Trinajstić information content (AvgIpc) is 2.38. The van der Waals surface area contributed by atoms with Gasteiger partial charge in [-0.05, 0) is 48.3 Å². The lowest BCUT2D eigenvalue weighted by molar-refractivity contribution is 0.454. The van der Waals surface area contributed by atoms with Crippen LogP contribution in [0.5, 0.6) is 0 Å². The Bertz CT molecular complexity index is 232. The summed E-state index contributed by atoms with van der Waals surface area (Å²) in [7, 11) is 3.24. The van der Waals surface area contributed by atoms with Crippen LogP contribution in [0.25, 0.3) is 0 Å². The molecule has 0 aliphatic carbocycles. The summed E-state index contributed by atoms with van der Waals surface area (Å²) in [6.07, 6.45) is 2.25. The fourth-order valence-corrected chi connectivity index (χ4v) is 4.38. The molecule has 0 aliphatic rings. The second kappa shape index (κ2) is 11.3. The molecule has 0 unspecified atom stereocenters. The molecule has 0 fully saturated rings. The van der Waals surface area contributed by atoms with Gasteiger partial charge in [0.25, 0.3) is 0 Å². The van der Waals surface area contributed by atoms with E-state index in [0.717, 1.165) is 47.7 Å². The molecule has 6 heteroatoms. The summed E-state index contributed by atoms with van der Waals surface area (Å²) >= 11 is 10.9. The molecule has 0 bridgehead atoms. The first-order valence-corrected chi connectivity index (χ1v) is 9.49. The Morgan fingerprint density at radius 2 is 1.11 bits per heavy atom. The van der Waals surface area contributed by atoms with Crippen LogP contribution < -0.4 is 0 Å². The number of hydrogen-bond donors (Lipinski definition) is 0. The number of hydrogen-bond acceptors (Lipinski definition) is 4. The monoisotopic (exact) mass is 324 g/mol. The Morgan fingerprint density at radius 3 is 1.33 bits per heavy atom. The minimum absolute atomic E-state index is 0.944. The maximum atomic E-state index is 5.44. The fourth-order valence-electron chi connectivity index (χ4n) is 1.47. The van der Waals surface area contributed by atoms with Crippen molar-refractivity contribution in [2.75, 3.05) is 26.2 Å². The first-order valence-electron chi connectivity index (χ1n) is 6.52. The Balaban J connectivity index is 4.13. The molecule has 0 atom stereocenters. The van der Waals surface area contributed by atoms with E-state index in [1.54, 1.807) is 21.6 Å². The molecule has 18 heavy (non-hydrogen) atoms. The molecule has 0 rings (SSSR count). The van der Waals surface area contributed by atoms with E-state index in [-0.39, 0.29) is 0 Å². The lowest BCUT2D eigenvalue weighted by atomic mass is 10.4. The van der Waals surface area contributed by atoms with Crippen molar-refractivity contribution in [3.05, 3.63) is 0 Å². The van der Waals surface area contributed by atoms with Crippen LogP contribution in [-0.4, -0.2) is 44.6 Å². The standard InChI is InChI=1S/C12H24N2S4/c1-5-9-13(7-3)11(15)17-18-12(16)14(8-4)10-6-2/h5-10H2,1-4H3. The van der Waals surface area contributed by atoms with E-state index in [1.807, 2.05) is 0 Å². The van der Waals surface area contributed by atoms with Gasteiger partial charge in [0.15, 0.2) is 0 Å². The number of rotatable bonds is 6. The van der Waals surface area contributed by atoms with Crippen molar-refractivity contribution in [2.24, 2.45) is 0 Å². The highest BCUT2D eigenvalue weighted by Gasteiger charge is 2.12. The first-order chi connectivity index (χ1) is 8.60. The summed E-state index contributed by atoms with van der Waals surface area (Å²) in [6.45, 7) is 12.6. The van der Waals surface area contributed by atoms with E-state index in [1.165, 1.54) is 0 Å². The molecule has 0 spiro atoms. The van der Waals surface area contributed by atoms with Crippen LogP contribution in [0.3, 0.4) is 0 Å². The summed E-state index contributed by atoms with van der Waals surface area (Å²) in [5.41, 5.74) is 0. The summed E-state index contributed by atoms with van der Waals surface area (Å²) in [4.78, 5) is 4.46. The molecule has 0 aromatic heterocycles. The predicted molar refractivity (Wildman–Crippen MR) is 95.5 cm³/mol. The van der Waals surface area contributed by atoms with Crippen molar-refractivity contribution in [3.63, 3.8) is 0 Å². The van der Waals surface area contributed by atoms with Gasteiger partial charge in [0.05, 0.1) is 0 Å². The van der Waals surface area contributed by atoms with E-state index in [4.69, 9.17) is 24.4 Å². The predicted octanol–water partition coefficient (Wildman–Crippen LogP) is 4.40. The van der Waals surface area contributed by atoms with E-state index < -0.39 is 0 Å². The van der Waals surface area contributed by atoms with Gasteiger partial charge in [-0.2, -0.15) is 0 Å². The molecule has 0 saturated heterocycles. The zero-order chi connectivity index (χ0) is 14.0. The summed E-state index contributed by atoms with van der Waals surface area (Å²) in [5.74, 6) is 0. The van der Waals surface area contributed by atoms with E-state index in [9.17, 15) is 0 Å². The number of nitrogens with zero attached hydrogens (tertiary/aromatic N) is 2. The van der Waals surface area contributed by atoms with Gasteiger partial charge in [0.2, 0.25) is 0 Å². The first kappa shape index (κ1) is 18.5. The van der Waals surface area contributed by atoms with Gasteiger partial charge in [0.1, 0.15) is 8.64 Å². The molecule has 0 amide bonds. The third kappa shape index (κ3) is 7.16. The lowest BCUT2D eigenvalue weighted by Gasteiger charge is -2.24. The molecule has 0 radical (unpaired) electrons. The highest BCUT2D eigenvalue weighted by atomic mass is 33.1. The second-order valence-electron chi connectivity index (χ2n) is 3.86. The van der Waals surface area contributed by atoms with Gasteiger partial charge in [0, 0.05) is 26.2 Å². The van der Waals surface area contributed by atoms with E-state index in [2.05, 4.69) is 37.5 Å². The van der Waals surface area contributed by atoms with Gasteiger partial charge in [-0.25, -0.2) is 0 Å². The molecule has 106 valence electrons. The second-order valence-corrected chi connectivity index (χ2v) is 7.25. The normalized spacial score (nSPS) is 10.2. The van der Waals surface area contributed by atoms with Gasteiger partial charge in [-0.15, -0.1) is 0 Å². The topological polar surface area (TPSA) is 6.48 Å². The molecular formula is C12H24N2S4. The molecule has 2 nitrogen and oxygen atoms in total. The van der Waals surface area contributed by atoms with Gasteiger partial charge in [-0.3, -0.25) is 0 Å². The Hall–Kier alpha value is 0.480. The van der Waals surface area contributed by atoms with Crippen LogP contribution in [0.15, 0.2) is 0 Å². The minimum atomic E-state index is 0.944. The summed E-state index contributed by atoms with van der Waals surface area (Å²) < 4.78 is 1.89. The van der Waals surface area contributed by atoms with Crippen LogP contribution in [0.2, 0.25) is 0 Å². The van der Waals surface area contributed by atoms with Crippen LogP contribution in [0.1, 0.15) is 40.5 Å². The molecule has 0 aromatic rings. The molecule has 0 heterocycles. The molecular weight excluding hydrogens is 300 g/mol. The zero-order valence-electron chi connectivity index (χ0n) is 11.8. The van der Waals surface area contributed by atoms with E-state index in [0.29, 0.717) is 0 Å². The highest BCUT2D eigenvalue weighted by molar-refractivity contribution is 8.89. The van der Waals surface area contributed by atoms with Gasteiger partial charge < -0.3 is 9.80 Å². The fraction of sp³-hybridized carbons (Fsp3) is 0.833. The zero-order valence-corrected chi connectivity index (χ0v) is 15.0. The molecule has 0 N–H and O–H groups in total. The maximum Gasteiger partial charge on any atom is 0.147 e. The van der Waals surface area contributed by atoms with Crippen molar-refractivity contribution in [2.45, 2.75) is 40.5 Å². The summed E-state index contributed by atoms with van der Waals surface area (Å²) in [5, 5.41) is 0. The third-order valence-electron chi connectivity index (χ3n) is 2.45. The van der Waals surface area contributed by atoms with Crippen molar-refractivity contribution >= 4 is 54.7 Å². The average molecular weight is 325 g/mol. The van der Waals surface area contributed by atoms with Crippen molar-refractivity contribution in [3.8, 4) is 0 Å². The van der Waals surface area contributed by atoms with Crippen LogP contribution in [0, 0.1) is 0 Å².